The molecule has 3 heterocycles. The van der Waals surface area contributed by atoms with Crippen molar-refractivity contribution in [1.29, 1.82) is 0 Å². The molecule has 3 nitrogen and oxygen atoms in total. The zero-order valence-electron chi connectivity index (χ0n) is 13.0. The third kappa shape index (κ3) is 2.09. The molecule has 0 N–H and O–H groups in total. The zero-order chi connectivity index (χ0) is 14.6. The molecule has 1 saturated carbocycles. The molecule has 0 aromatic carbocycles. The van der Waals surface area contributed by atoms with E-state index in [2.05, 4.69) is 30.5 Å². The monoisotopic (exact) mass is 307 g/mol. The first-order chi connectivity index (χ1) is 10.1. The number of piperidine rings is 1. The Hall–Kier alpha value is -0.480. The fourth-order valence-electron chi connectivity index (χ4n) is 4.82. The van der Waals surface area contributed by atoms with Crippen molar-refractivity contribution in [3.05, 3.63) is 11.6 Å². The highest BCUT2D eigenvalue weighted by Gasteiger charge is 2.63. The van der Waals surface area contributed by atoms with Crippen LogP contribution in [0.2, 0.25) is 0 Å². The van der Waals surface area contributed by atoms with Gasteiger partial charge in [-0.15, -0.1) is 0 Å². The fraction of sp³-hybridized carbons (Fsp3) is 0.824. The summed E-state index contributed by atoms with van der Waals surface area (Å²) in [5.74, 6) is 1.86. The topological polar surface area (TPSA) is 29.5 Å². The number of fused-ring (bicyclic) bond motifs is 3. The van der Waals surface area contributed by atoms with E-state index in [9.17, 15) is 4.79 Å². The summed E-state index contributed by atoms with van der Waals surface area (Å²) in [4.78, 5) is 14.6. The maximum atomic E-state index is 11.9. The Balaban J connectivity index is 1.64. The Labute approximate surface area is 131 Å². The van der Waals surface area contributed by atoms with Gasteiger partial charge in [0.25, 0.3) is 0 Å². The lowest BCUT2D eigenvalue weighted by atomic mass is 9.77. The minimum Gasteiger partial charge on any atom is -0.450 e. The van der Waals surface area contributed by atoms with Gasteiger partial charge in [0.15, 0.2) is 5.60 Å². The quantitative estimate of drug-likeness (QED) is 0.750. The maximum Gasteiger partial charge on any atom is 0.331 e. The second-order valence-corrected chi connectivity index (χ2v) is 8.74. The van der Waals surface area contributed by atoms with Gasteiger partial charge in [0.1, 0.15) is 0 Å². The van der Waals surface area contributed by atoms with Crippen LogP contribution in [-0.4, -0.2) is 46.1 Å². The first-order valence-corrected chi connectivity index (χ1v) is 9.46. The summed E-state index contributed by atoms with van der Waals surface area (Å²) in [6.07, 6.45) is 7.70. The van der Waals surface area contributed by atoms with Gasteiger partial charge in [-0.2, -0.15) is 11.8 Å². The molecule has 3 aliphatic heterocycles. The number of ether oxygens (including phenoxy) is 1. The summed E-state index contributed by atoms with van der Waals surface area (Å²) in [6.45, 7) is 5.78. The lowest BCUT2D eigenvalue weighted by molar-refractivity contribution is -0.148. The molecule has 0 aromatic heterocycles. The molecule has 116 valence electrons. The summed E-state index contributed by atoms with van der Waals surface area (Å²) >= 11 is 2.12. The molecule has 4 aliphatic rings. The van der Waals surface area contributed by atoms with E-state index < -0.39 is 0 Å². The summed E-state index contributed by atoms with van der Waals surface area (Å²) in [7, 11) is 0. The van der Waals surface area contributed by atoms with Crippen LogP contribution < -0.4 is 0 Å². The molecule has 1 spiro atoms. The van der Waals surface area contributed by atoms with Gasteiger partial charge in [-0.25, -0.2) is 4.79 Å². The van der Waals surface area contributed by atoms with Gasteiger partial charge in [-0.05, 0) is 43.1 Å². The van der Waals surface area contributed by atoms with Crippen molar-refractivity contribution >= 4 is 17.7 Å². The highest BCUT2D eigenvalue weighted by atomic mass is 32.2. The predicted octanol–water partition coefficient (Wildman–Crippen LogP) is 3.00. The largest absolute Gasteiger partial charge is 0.450 e. The van der Waals surface area contributed by atoms with Gasteiger partial charge >= 0.3 is 5.97 Å². The second-order valence-electron chi connectivity index (χ2n) is 7.47. The van der Waals surface area contributed by atoms with Crippen LogP contribution in [0.25, 0.3) is 0 Å². The van der Waals surface area contributed by atoms with E-state index in [0.29, 0.717) is 17.3 Å². The van der Waals surface area contributed by atoms with Crippen LogP contribution >= 0.6 is 11.8 Å². The number of hydrogen-bond acceptors (Lipinski definition) is 4. The normalized spacial score (nSPS) is 41.8. The smallest absolute Gasteiger partial charge is 0.331 e. The van der Waals surface area contributed by atoms with E-state index in [1.54, 1.807) is 0 Å². The minimum atomic E-state index is -0.239. The van der Waals surface area contributed by atoms with Crippen LogP contribution in [0, 0.1) is 5.92 Å². The second kappa shape index (κ2) is 5.02. The van der Waals surface area contributed by atoms with Crippen molar-refractivity contribution in [2.75, 3.05) is 12.3 Å². The lowest BCUT2D eigenvalue weighted by Gasteiger charge is -2.38. The SMILES string of the molecule is CC(C)CSC1CC2=CC(=O)O[C@@]23C[C@@H]1N1CCCCC13. The van der Waals surface area contributed by atoms with Crippen LogP contribution in [0.5, 0.6) is 0 Å². The van der Waals surface area contributed by atoms with Crippen molar-refractivity contribution < 1.29 is 9.53 Å². The van der Waals surface area contributed by atoms with Gasteiger partial charge in [0.05, 0.1) is 6.04 Å². The number of rotatable bonds is 3. The molecular formula is C17H25NO2S. The van der Waals surface area contributed by atoms with Gasteiger partial charge < -0.3 is 4.74 Å². The summed E-state index contributed by atoms with van der Waals surface area (Å²) in [5, 5.41) is 0.643. The van der Waals surface area contributed by atoms with Gasteiger partial charge in [-0.1, -0.05) is 20.3 Å². The Morgan fingerprint density at radius 1 is 1.48 bits per heavy atom. The molecule has 3 fully saturated rings. The first kappa shape index (κ1) is 14.1. The first-order valence-electron chi connectivity index (χ1n) is 8.41. The fourth-order valence-corrected chi connectivity index (χ4v) is 6.23. The van der Waals surface area contributed by atoms with Gasteiger partial charge in [0, 0.05) is 23.8 Å². The number of esters is 1. The van der Waals surface area contributed by atoms with Crippen LogP contribution in [0.15, 0.2) is 11.6 Å². The number of carbonyl (C=O) groups excluding carboxylic acids is 1. The van der Waals surface area contributed by atoms with Crippen LogP contribution in [0.3, 0.4) is 0 Å². The molecular weight excluding hydrogens is 282 g/mol. The van der Waals surface area contributed by atoms with Crippen LogP contribution in [0.4, 0.5) is 0 Å². The molecule has 21 heavy (non-hydrogen) atoms. The highest BCUT2D eigenvalue weighted by Crippen LogP contribution is 2.56. The molecule has 0 amide bonds. The third-order valence-corrected chi connectivity index (χ3v) is 7.40. The van der Waals surface area contributed by atoms with E-state index in [0.717, 1.165) is 18.8 Å². The number of nitrogens with zero attached hydrogens (tertiary/aromatic N) is 1. The molecule has 4 rings (SSSR count). The average Bonchev–Trinajstić information content (AvgIpc) is 2.93. The maximum absolute atomic E-state index is 11.9. The van der Waals surface area contributed by atoms with Gasteiger partial charge in [-0.3, -0.25) is 4.90 Å². The molecule has 2 unspecified atom stereocenters. The summed E-state index contributed by atoms with van der Waals surface area (Å²) in [6, 6.07) is 1.07. The lowest BCUT2D eigenvalue weighted by Crippen LogP contribution is -2.48. The molecule has 2 bridgehead atoms. The van der Waals surface area contributed by atoms with E-state index in [-0.39, 0.29) is 11.6 Å². The Bertz CT molecular complexity index is 489. The van der Waals surface area contributed by atoms with Crippen LogP contribution in [0.1, 0.15) is 46.0 Å². The van der Waals surface area contributed by atoms with Gasteiger partial charge in [0.2, 0.25) is 0 Å². The Morgan fingerprint density at radius 2 is 2.33 bits per heavy atom. The van der Waals surface area contributed by atoms with Crippen molar-refractivity contribution in [3.8, 4) is 0 Å². The van der Waals surface area contributed by atoms with Crippen molar-refractivity contribution in [2.45, 2.75) is 68.9 Å². The van der Waals surface area contributed by atoms with Crippen molar-refractivity contribution in [3.63, 3.8) is 0 Å². The van der Waals surface area contributed by atoms with Crippen molar-refractivity contribution in [2.24, 2.45) is 5.92 Å². The standard InChI is InChI=1S/C17H25NO2S/c1-11(2)10-21-14-7-12-8-16(19)20-17(12)9-13(14)18-6-4-3-5-15(17)18/h8,11,13-15H,3-7,9-10H2,1-2H3/t13-,14?,15?,17-/m0/s1. The zero-order valence-corrected chi connectivity index (χ0v) is 13.8. The van der Waals surface area contributed by atoms with Crippen molar-refractivity contribution in [1.82, 2.24) is 4.90 Å². The van der Waals surface area contributed by atoms with Crippen LogP contribution in [-0.2, 0) is 9.53 Å². The van der Waals surface area contributed by atoms with E-state index in [1.807, 2.05) is 6.08 Å². The molecule has 2 saturated heterocycles. The Morgan fingerprint density at radius 3 is 3.14 bits per heavy atom. The molecule has 4 heteroatoms. The molecule has 1 aliphatic carbocycles. The Kier molecular flexibility index (Phi) is 3.38. The highest BCUT2D eigenvalue weighted by molar-refractivity contribution is 7.99. The summed E-state index contributed by atoms with van der Waals surface area (Å²) < 4.78 is 5.90. The number of carbonyl (C=O) groups is 1. The summed E-state index contributed by atoms with van der Waals surface area (Å²) in [5.41, 5.74) is 1.07. The van der Waals surface area contributed by atoms with E-state index in [1.165, 1.54) is 37.1 Å². The molecule has 0 radical (unpaired) electrons. The molecule has 0 aromatic rings. The average molecular weight is 307 g/mol. The number of hydrogen-bond donors (Lipinski definition) is 0. The molecule has 4 atom stereocenters. The van der Waals surface area contributed by atoms with E-state index in [4.69, 9.17) is 4.74 Å². The van der Waals surface area contributed by atoms with E-state index >= 15 is 0 Å². The predicted molar refractivity (Wildman–Crippen MR) is 85.4 cm³/mol. The number of thioether (sulfide) groups is 1. The third-order valence-electron chi connectivity index (χ3n) is 5.63. The minimum absolute atomic E-state index is 0.0920.